The van der Waals surface area contributed by atoms with Gasteiger partial charge in [0.15, 0.2) is 0 Å². The van der Waals surface area contributed by atoms with Crippen molar-refractivity contribution in [3.8, 4) is 11.8 Å². The molecular formula is C14H12N2O3. The van der Waals surface area contributed by atoms with Crippen molar-refractivity contribution in [1.29, 1.82) is 0 Å². The molecule has 0 radical (unpaired) electrons. The number of carbonyl (C=O) groups is 3. The topological polar surface area (TPSA) is 66.5 Å². The van der Waals surface area contributed by atoms with Crippen molar-refractivity contribution in [2.75, 3.05) is 0 Å². The molecule has 0 aliphatic carbocycles. The first-order valence-electron chi connectivity index (χ1n) is 5.69. The highest BCUT2D eigenvalue weighted by Gasteiger charge is 2.49. The van der Waals surface area contributed by atoms with E-state index < -0.39 is 23.1 Å². The van der Waals surface area contributed by atoms with Crippen LogP contribution in [0.15, 0.2) is 30.3 Å². The van der Waals surface area contributed by atoms with Crippen molar-refractivity contribution < 1.29 is 14.4 Å². The summed E-state index contributed by atoms with van der Waals surface area (Å²) in [7, 11) is 0. The number of rotatable bonds is 0. The largest absolute Gasteiger partial charge is 0.324 e. The van der Waals surface area contributed by atoms with Gasteiger partial charge in [0.25, 0.3) is 11.8 Å². The lowest BCUT2D eigenvalue weighted by Crippen LogP contribution is -2.40. The SMILES string of the molecule is CC1(C)C(=O)NN(C(=O)C#Cc2ccccc2)C1=O. The molecule has 0 atom stereocenters. The minimum Gasteiger partial charge on any atom is -0.272 e. The summed E-state index contributed by atoms with van der Waals surface area (Å²) in [5.41, 5.74) is 1.65. The Kier molecular flexibility index (Phi) is 3.09. The molecule has 0 saturated carbocycles. The van der Waals surface area contributed by atoms with Gasteiger partial charge in [0.1, 0.15) is 5.41 Å². The summed E-state index contributed by atoms with van der Waals surface area (Å²) in [5, 5.41) is 0.665. The smallest absolute Gasteiger partial charge is 0.272 e. The maximum Gasteiger partial charge on any atom is 0.324 e. The summed E-state index contributed by atoms with van der Waals surface area (Å²) in [6, 6.07) is 8.91. The number of hydrogen-bond donors (Lipinski definition) is 1. The molecule has 5 nitrogen and oxygen atoms in total. The number of hydrogen-bond acceptors (Lipinski definition) is 3. The fraction of sp³-hybridized carbons (Fsp3) is 0.214. The fourth-order valence-electron chi connectivity index (χ4n) is 1.51. The molecule has 0 aromatic heterocycles. The van der Waals surface area contributed by atoms with Crippen LogP contribution in [0.5, 0.6) is 0 Å². The lowest BCUT2D eigenvalue weighted by Gasteiger charge is -2.11. The Labute approximate surface area is 110 Å². The quantitative estimate of drug-likeness (QED) is 0.542. The van der Waals surface area contributed by atoms with E-state index in [0.29, 0.717) is 10.6 Å². The van der Waals surface area contributed by atoms with E-state index in [4.69, 9.17) is 0 Å². The van der Waals surface area contributed by atoms with Crippen LogP contribution in [0.4, 0.5) is 0 Å². The summed E-state index contributed by atoms with van der Waals surface area (Å²) in [5.74, 6) is 3.13. The predicted molar refractivity (Wildman–Crippen MR) is 67.1 cm³/mol. The first kappa shape index (κ1) is 12.8. The molecule has 1 N–H and O–H groups in total. The van der Waals surface area contributed by atoms with Crippen molar-refractivity contribution in [3.63, 3.8) is 0 Å². The van der Waals surface area contributed by atoms with Crippen LogP contribution in [-0.4, -0.2) is 22.7 Å². The molecule has 96 valence electrons. The van der Waals surface area contributed by atoms with E-state index in [1.165, 1.54) is 13.8 Å². The molecule has 1 heterocycles. The molecule has 0 spiro atoms. The third-order valence-electron chi connectivity index (χ3n) is 2.81. The molecule has 2 rings (SSSR count). The van der Waals surface area contributed by atoms with Gasteiger partial charge >= 0.3 is 5.91 Å². The van der Waals surface area contributed by atoms with Crippen LogP contribution in [0.25, 0.3) is 0 Å². The van der Waals surface area contributed by atoms with Gasteiger partial charge in [-0.25, -0.2) is 0 Å². The molecule has 1 aromatic rings. The molecule has 1 aromatic carbocycles. The predicted octanol–water partition coefficient (Wildman–Crippen LogP) is 0.464. The van der Waals surface area contributed by atoms with Crippen LogP contribution in [0.3, 0.4) is 0 Å². The zero-order valence-corrected chi connectivity index (χ0v) is 10.6. The number of hydrazine groups is 1. The van der Waals surface area contributed by atoms with E-state index in [0.717, 1.165) is 0 Å². The number of nitrogens with zero attached hydrogens (tertiary/aromatic N) is 1. The monoisotopic (exact) mass is 256 g/mol. The van der Waals surface area contributed by atoms with Gasteiger partial charge in [-0.1, -0.05) is 24.1 Å². The van der Waals surface area contributed by atoms with Crippen molar-refractivity contribution in [2.45, 2.75) is 13.8 Å². The highest BCUT2D eigenvalue weighted by Crippen LogP contribution is 2.23. The Bertz CT molecular complexity index is 609. The van der Waals surface area contributed by atoms with E-state index in [2.05, 4.69) is 17.3 Å². The average Bonchev–Trinajstić information content (AvgIpc) is 2.61. The highest BCUT2D eigenvalue weighted by molar-refractivity contribution is 6.17. The number of benzene rings is 1. The minimum atomic E-state index is -1.23. The van der Waals surface area contributed by atoms with Gasteiger partial charge < -0.3 is 0 Å². The summed E-state index contributed by atoms with van der Waals surface area (Å²) >= 11 is 0. The maximum atomic E-state index is 11.8. The van der Waals surface area contributed by atoms with Gasteiger partial charge in [-0.15, -0.1) is 0 Å². The third-order valence-corrected chi connectivity index (χ3v) is 2.81. The Morgan fingerprint density at radius 2 is 1.84 bits per heavy atom. The zero-order chi connectivity index (χ0) is 14.0. The maximum absolute atomic E-state index is 11.8. The van der Waals surface area contributed by atoms with E-state index >= 15 is 0 Å². The van der Waals surface area contributed by atoms with Crippen molar-refractivity contribution in [1.82, 2.24) is 10.4 Å². The van der Waals surface area contributed by atoms with Gasteiger partial charge in [-0.2, -0.15) is 5.01 Å². The molecule has 19 heavy (non-hydrogen) atoms. The Morgan fingerprint density at radius 1 is 1.21 bits per heavy atom. The zero-order valence-electron chi connectivity index (χ0n) is 10.6. The fourth-order valence-corrected chi connectivity index (χ4v) is 1.51. The lowest BCUT2D eigenvalue weighted by molar-refractivity contribution is -0.144. The van der Waals surface area contributed by atoms with Crippen molar-refractivity contribution in [2.24, 2.45) is 5.41 Å². The minimum absolute atomic E-state index is 0.507. The molecule has 5 heteroatoms. The summed E-state index contributed by atoms with van der Waals surface area (Å²) in [4.78, 5) is 35.1. The van der Waals surface area contributed by atoms with Gasteiger partial charge in [0.05, 0.1) is 0 Å². The van der Waals surface area contributed by atoms with Crippen LogP contribution in [-0.2, 0) is 14.4 Å². The molecule has 1 aliphatic heterocycles. The third kappa shape index (κ3) is 2.33. The van der Waals surface area contributed by atoms with E-state index in [1.54, 1.807) is 24.3 Å². The lowest BCUT2D eigenvalue weighted by atomic mass is 9.93. The van der Waals surface area contributed by atoms with Crippen molar-refractivity contribution >= 4 is 17.7 Å². The van der Waals surface area contributed by atoms with Crippen LogP contribution in [0.1, 0.15) is 19.4 Å². The van der Waals surface area contributed by atoms with Crippen molar-refractivity contribution in [3.05, 3.63) is 35.9 Å². The normalized spacial score (nSPS) is 16.6. The Morgan fingerprint density at radius 3 is 2.37 bits per heavy atom. The first-order chi connectivity index (χ1) is 8.93. The Balaban J connectivity index is 2.17. The van der Waals surface area contributed by atoms with Gasteiger partial charge in [0, 0.05) is 11.5 Å². The first-order valence-corrected chi connectivity index (χ1v) is 5.69. The number of amides is 3. The molecule has 0 bridgehead atoms. The summed E-state index contributed by atoms with van der Waals surface area (Å²) < 4.78 is 0. The second-order valence-corrected chi connectivity index (χ2v) is 4.63. The summed E-state index contributed by atoms with van der Waals surface area (Å²) in [6.45, 7) is 2.92. The average molecular weight is 256 g/mol. The van der Waals surface area contributed by atoms with Gasteiger partial charge in [0.2, 0.25) is 0 Å². The molecule has 3 amide bonds. The van der Waals surface area contributed by atoms with Crippen LogP contribution in [0.2, 0.25) is 0 Å². The second-order valence-electron chi connectivity index (χ2n) is 4.63. The van der Waals surface area contributed by atoms with Crippen LogP contribution in [0, 0.1) is 17.3 Å². The van der Waals surface area contributed by atoms with Crippen LogP contribution >= 0.6 is 0 Å². The molecule has 1 saturated heterocycles. The Hall–Kier alpha value is -2.61. The number of nitrogens with one attached hydrogen (secondary N) is 1. The summed E-state index contributed by atoms with van der Waals surface area (Å²) in [6.07, 6.45) is 0. The number of imide groups is 1. The molecular weight excluding hydrogens is 244 g/mol. The van der Waals surface area contributed by atoms with Gasteiger partial charge in [-0.3, -0.25) is 19.8 Å². The second kappa shape index (κ2) is 4.58. The molecule has 1 fully saturated rings. The van der Waals surface area contributed by atoms with E-state index in [1.807, 2.05) is 6.07 Å². The molecule has 0 unspecified atom stereocenters. The van der Waals surface area contributed by atoms with E-state index in [9.17, 15) is 14.4 Å². The number of carbonyl (C=O) groups excluding carboxylic acids is 3. The standard InChI is InChI=1S/C14H12N2O3/c1-14(2)12(18)15-16(13(14)19)11(17)9-8-10-6-4-3-5-7-10/h3-7H,1-2H3,(H,15,18). The van der Waals surface area contributed by atoms with Gasteiger partial charge in [-0.05, 0) is 26.0 Å². The molecule has 1 aliphatic rings. The van der Waals surface area contributed by atoms with Crippen LogP contribution < -0.4 is 5.43 Å². The van der Waals surface area contributed by atoms with E-state index in [-0.39, 0.29) is 0 Å². The highest BCUT2D eigenvalue weighted by atomic mass is 16.2.